The summed E-state index contributed by atoms with van der Waals surface area (Å²) in [4.78, 5) is 0. The van der Waals surface area contributed by atoms with E-state index in [1.165, 1.54) is 11.1 Å². The molecule has 0 radical (unpaired) electrons. The first-order valence-corrected chi connectivity index (χ1v) is 6.79. The van der Waals surface area contributed by atoms with E-state index in [0.717, 1.165) is 5.75 Å². The largest absolute Gasteiger partial charge is 0.396 e. The third-order valence-electron chi connectivity index (χ3n) is 2.58. The molecule has 2 aromatic carbocycles. The second-order valence-corrected chi connectivity index (χ2v) is 5.01. The van der Waals surface area contributed by atoms with Gasteiger partial charge in [-0.2, -0.15) is 0 Å². The van der Waals surface area contributed by atoms with Crippen molar-refractivity contribution in [1.82, 2.24) is 0 Å². The minimum atomic E-state index is 0.223. The zero-order chi connectivity index (χ0) is 11.9. The molecule has 88 valence electrons. The van der Waals surface area contributed by atoms with E-state index in [1.807, 2.05) is 12.1 Å². The van der Waals surface area contributed by atoms with Gasteiger partial charge in [0, 0.05) is 5.75 Å². The number of benzene rings is 2. The van der Waals surface area contributed by atoms with Crippen LogP contribution in [0.5, 0.6) is 0 Å². The molecule has 0 bridgehead atoms. The molecule has 0 aliphatic rings. The van der Waals surface area contributed by atoms with E-state index in [4.69, 9.17) is 5.11 Å². The van der Waals surface area contributed by atoms with Gasteiger partial charge in [-0.1, -0.05) is 60.7 Å². The van der Waals surface area contributed by atoms with Crippen LogP contribution in [0.3, 0.4) is 0 Å². The topological polar surface area (TPSA) is 20.2 Å². The summed E-state index contributed by atoms with van der Waals surface area (Å²) in [6.07, 6.45) is 0. The third-order valence-corrected chi connectivity index (χ3v) is 3.88. The number of thioether (sulfide) groups is 1. The smallest absolute Gasteiger partial charge is 0.0547 e. The molecule has 1 nitrogen and oxygen atoms in total. The van der Waals surface area contributed by atoms with Crippen molar-refractivity contribution in [2.75, 3.05) is 12.4 Å². The van der Waals surface area contributed by atoms with Gasteiger partial charge in [0.05, 0.1) is 11.9 Å². The molecule has 1 N–H and O–H groups in total. The van der Waals surface area contributed by atoms with Crippen molar-refractivity contribution in [2.45, 2.75) is 5.25 Å². The van der Waals surface area contributed by atoms with E-state index in [9.17, 15) is 0 Å². The van der Waals surface area contributed by atoms with Crippen molar-refractivity contribution in [2.24, 2.45) is 0 Å². The molecule has 2 rings (SSSR count). The first kappa shape index (κ1) is 12.2. The van der Waals surface area contributed by atoms with Crippen LogP contribution in [0, 0.1) is 0 Å². The van der Waals surface area contributed by atoms with Gasteiger partial charge in [0.1, 0.15) is 0 Å². The highest BCUT2D eigenvalue weighted by atomic mass is 32.2. The van der Waals surface area contributed by atoms with E-state index in [2.05, 4.69) is 48.5 Å². The van der Waals surface area contributed by atoms with Gasteiger partial charge in [-0.25, -0.2) is 0 Å². The monoisotopic (exact) mass is 244 g/mol. The number of hydrogen-bond acceptors (Lipinski definition) is 2. The fourth-order valence-electron chi connectivity index (χ4n) is 1.81. The van der Waals surface area contributed by atoms with Crippen LogP contribution in [0.25, 0.3) is 0 Å². The average molecular weight is 244 g/mol. The molecule has 0 atom stereocenters. The maximum Gasteiger partial charge on any atom is 0.0547 e. The van der Waals surface area contributed by atoms with E-state index in [0.29, 0.717) is 5.25 Å². The predicted octanol–water partition coefficient (Wildman–Crippen LogP) is 3.50. The first-order valence-electron chi connectivity index (χ1n) is 5.74. The van der Waals surface area contributed by atoms with Crippen LogP contribution in [-0.4, -0.2) is 17.5 Å². The molecule has 0 unspecified atom stereocenters. The van der Waals surface area contributed by atoms with E-state index in [-0.39, 0.29) is 6.61 Å². The Balaban J connectivity index is 2.26. The highest BCUT2D eigenvalue weighted by Crippen LogP contribution is 2.34. The van der Waals surface area contributed by atoms with Crippen LogP contribution in [-0.2, 0) is 0 Å². The summed E-state index contributed by atoms with van der Waals surface area (Å²) in [7, 11) is 0. The predicted molar refractivity (Wildman–Crippen MR) is 74.3 cm³/mol. The van der Waals surface area contributed by atoms with E-state index >= 15 is 0 Å². The molecular formula is C15H16OS. The Kier molecular flexibility index (Phi) is 4.65. The molecule has 17 heavy (non-hydrogen) atoms. The number of aliphatic hydroxyl groups excluding tert-OH is 1. The summed E-state index contributed by atoms with van der Waals surface area (Å²) in [6, 6.07) is 20.9. The fourth-order valence-corrected chi connectivity index (χ4v) is 2.85. The standard InChI is InChI=1S/C15H16OS/c16-11-12-17-15(13-7-3-1-4-8-13)14-9-5-2-6-10-14/h1-10,15-16H,11-12H2. The normalized spacial score (nSPS) is 10.7. The third kappa shape index (κ3) is 3.35. The zero-order valence-electron chi connectivity index (χ0n) is 9.62. The Morgan fingerprint density at radius 1 is 0.824 bits per heavy atom. The molecule has 0 saturated carbocycles. The molecule has 0 saturated heterocycles. The SMILES string of the molecule is OCCSC(c1ccccc1)c1ccccc1. The van der Waals surface area contributed by atoms with Gasteiger partial charge in [-0.05, 0) is 11.1 Å². The summed E-state index contributed by atoms with van der Waals surface area (Å²) < 4.78 is 0. The summed E-state index contributed by atoms with van der Waals surface area (Å²) in [5, 5.41) is 9.30. The number of rotatable bonds is 5. The second-order valence-electron chi connectivity index (χ2n) is 3.80. The Morgan fingerprint density at radius 3 is 1.71 bits per heavy atom. The molecule has 0 aromatic heterocycles. The van der Waals surface area contributed by atoms with Gasteiger partial charge in [0.2, 0.25) is 0 Å². The highest BCUT2D eigenvalue weighted by molar-refractivity contribution is 7.99. The average Bonchev–Trinajstić information content (AvgIpc) is 2.42. The molecule has 0 spiro atoms. The molecule has 0 aliphatic heterocycles. The Bertz CT molecular complexity index is 388. The molecule has 0 amide bonds. The lowest BCUT2D eigenvalue weighted by atomic mass is 10.0. The van der Waals surface area contributed by atoms with E-state index in [1.54, 1.807) is 11.8 Å². The minimum Gasteiger partial charge on any atom is -0.396 e. The molecule has 0 heterocycles. The van der Waals surface area contributed by atoms with Gasteiger partial charge >= 0.3 is 0 Å². The Morgan fingerprint density at radius 2 is 1.29 bits per heavy atom. The Hall–Kier alpha value is -1.25. The van der Waals surface area contributed by atoms with Crippen molar-refractivity contribution in [3.63, 3.8) is 0 Å². The summed E-state index contributed by atoms with van der Waals surface area (Å²) in [5.41, 5.74) is 2.58. The van der Waals surface area contributed by atoms with Crippen molar-refractivity contribution >= 4 is 11.8 Å². The fraction of sp³-hybridized carbons (Fsp3) is 0.200. The quantitative estimate of drug-likeness (QED) is 0.868. The Labute approximate surface area is 107 Å². The van der Waals surface area contributed by atoms with Gasteiger partial charge in [0.25, 0.3) is 0 Å². The summed E-state index contributed by atoms with van der Waals surface area (Å²) in [6.45, 7) is 0.223. The molecule has 0 aliphatic carbocycles. The van der Waals surface area contributed by atoms with Crippen molar-refractivity contribution < 1.29 is 5.11 Å². The highest BCUT2D eigenvalue weighted by Gasteiger charge is 2.13. The summed E-state index contributed by atoms with van der Waals surface area (Å²) in [5.74, 6) is 0.758. The van der Waals surface area contributed by atoms with E-state index < -0.39 is 0 Å². The van der Waals surface area contributed by atoms with Crippen LogP contribution >= 0.6 is 11.8 Å². The maximum absolute atomic E-state index is 8.99. The van der Waals surface area contributed by atoms with Crippen LogP contribution in [0.15, 0.2) is 60.7 Å². The first-order chi connectivity index (χ1) is 8.42. The van der Waals surface area contributed by atoms with Crippen molar-refractivity contribution in [3.8, 4) is 0 Å². The molecule has 2 heteroatoms. The second kappa shape index (κ2) is 6.48. The lowest BCUT2D eigenvalue weighted by Gasteiger charge is -2.17. The molecule has 2 aromatic rings. The van der Waals surface area contributed by atoms with Crippen molar-refractivity contribution in [1.29, 1.82) is 0 Å². The van der Waals surface area contributed by atoms with Gasteiger partial charge < -0.3 is 5.11 Å². The molecular weight excluding hydrogens is 228 g/mol. The van der Waals surface area contributed by atoms with Crippen molar-refractivity contribution in [3.05, 3.63) is 71.8 Å². The zero-order valence-corrected chi connectivity index (χ0v) is 10.4. The minimum absolute atomic E-state index is 0.223. The van der Waals surface area contributed by atoms with Crippen LogP contribution in [0.2, 0.25) is 0 Å². The summed E-state index contributed by atoms with van der Waals surface area (Å²) >= 11 is 1.78. The van der Waals surface area contributed by atoms with Gasteiger partial charge in [-0.3, -0.25) is 0 Å². The number of aliphatic hydroxyl groups is 1. The van der Waals surface area contributed by atoms with Crippen LogP contribution in [0.4, 0.5) is 0 Å². The van der Waals surface area contributed by atoms with Crippen LogP contribution in [0.1, 0.15) is 16.4 Å². The lowest BCUT2D eigenvalue weighted by molar-refractivity contribution is 0.322. The van der Waals surface area contributed by atoms with Gasteiger partial charge in [-0.15, -0.1) is 11.8 Å². The number of hydrogen-bond donors (Lipinski definition) is 1. The molecule has 0 fully saturated rings. The van der Waals surface area contributed by atoms with Crippen LogP contribution < -0.4 is 0 Å². The van der Waals surface area contributed by atoms with Gasteiger partial charge in [0.15, 0.2) is 0 Å². The lowest BCUT2D eigenvalue weighted by Crippen LogP contribution is -1.99. The maximum atomic E-state index is 8.99.